The summed E-state index contributed by atoms with van der Waals surface area (Å²) in [4.78, 5) is 38.0. The summed E-state index contributed by atoms with van der Waals surface area (Å²) in [6, 6.07) is 0. The maximum Gasteiger partial charge on any atom is 0.306 e. The summed E-state index contributed by atoms with van der Waals surface area (Å²) < 4.78 is 16.8. The summed E-state index contributed by atoms with van der Waals surface area (Å²) in [7, 11) is 0. The lowest BCUT2D eigenvalue weighted by atomic mass is 10.0. The number of carbonyl (C=O) groups is 3. The number of rotatable bonds is 52. The smallest absolute Gasteiger partial charge is 0.306 e. The number of unbranched alkanes of at least 4 members (excludes halogenated alkanes) is 39. The third-order valence-corrected chi connectivity index (χ3v) is 12.8. The zero-order valence-electron chi connectivity index (χ0n) is 42.6. The van der Waals surface area contributed by atoms with Crippen LogP contribution in [-0.2, 0) is 28.6 Å². The number of allylic oxidation sites excluding steroid dienone is 2. The molecule has 0 radical (unpaired) electrons. The van der Waals surface area contributed by atoms with Crippen molar-refractivity contribution in [3.8, 4) is 0 Å². The Hall–Kier alpha value is -1.85. The van der Waals surface area contributed by atoms with Crippen molar-refractivity contribution in [2.24, 2.45) is 0 Å². The minimum Gasteiger partial charge on any atom is -0.462 e. The van der Waals surface area contributed by atoms with Gasteiger partial charge in [-0.15, -0.1) is 0 Å². The molecule has 0 aromatic rings. The number of ether oxygens (including phenoxy) is 3. The fourth-order valence-electron chi connectivity index (χ4n) is 8.50. The van der Waals surface area contributed by atoms with Crippen molar-refractivity contribution in [3.05, 3.63) is 12.2 Å². The van der Waals surface area contributed by atoms with E-state index in [0.717, 1.165) is 57.8 Å². The molecular weight excluding hydrogens is 781 g/mol. The molecule has 0 N–H and O–H groups in total. The molecule has 0 saturated carbocycles. The fraction of sp³-hybridized carbons (Fsp3) is 0.912. The van der Waals surface area contributed by atoms with Gasteiger partial charge in [-0.1, -0.05) is 264 Å². The quantitative estimate of drug-likeness (QED) is 0.0262. The molecule has 1 atom stereocenters. The van der Waals surface area contributed by atoms with E-state index in [1.54, 1.807) is 0 Å². The van der Waals surface area contributed by atoms with Gasteiger partial charge in [-0.05, 0) is 44.9 Å². The molecular formula is C57H108O6. The van der Waals surface area contributed by atoms with Crippen molar-refractivity contribution in [3.63, 3.8) is 0 Å². The molecule has 0 unspecified atom stereocenters. The Labute approximate surface area is 392 Å². The van der Waals surface area contributed by atoms with Gasteiger partial charge in [0.25, 0.3) is 0 Å². The van der Waals surface area contributed by atoms with Crippen molar-refractivity contribution in [2.75, 3.05) is 13.2 Å². The summed E-state index contributed by atoms with van der Waals surface area (Å²) in [5.41, 5.74) is 0. The van der Waals surface area contributed by atoms with Crippen molar-refractivity contribution >= 4 is 17.9 Å². The molecule has 6 heteroatoms. The van der Waals surface area contributed by atoms with Crippen LogP contribution in [0.25, 0.3) is 0 Å². The van der Waals surface area contributed by atoms with Crippen LogP contribution >= 0.6 is 0 Å². The molecule has 0 fully saturated rings. The lowest BCUT2D eigenvalue weighted by Gasteiger charge is -2.18. The Morgan fingerprint density at radius 2 is 0.524 bits per heavy atom. The molecule has 0 spiro atoms. The summed E-state index contributed by atoms with van der Waals surface area (Å²) in [5.74, 6) is -0.849. The predicted octanol–water partition coefficient (Wildman–Crippen LogP) is 18.5. The first kappa shape index (κ1) is 61.1. The van der Waals surface area contributed by atoms with Crippen LogP contribution in [0.5, 0.6) is 0 Å². The van der Waals surface area contributed by atoms with Crippen LogP contribution in [0.2, 0.25) is 0 Å². The van der Waals surface area contributed by atoms with E-state index < -0.39 is 6.10 Å². The second-order valence-electron chi connectivity index (χ2n) is 19.2. The van der Waals surface area contributed by atoms with Crippen molar-refractivity contribution in [2.45, 2.75) is 322 Å². The average Bonchev–Trinajstić information content (AvgIpc) is 3.28. The first-order valence-corrected chi connectivity index (χ1v) is 28.2. The number of hydrogen-bond donors (Lipinski definition) is 0. The minimum absolute atomic E-state index is 0.0656. The van der Waals surface area contributed by atoms with Gasteiger partial charge < -0.3 is 14.2 Å². The van der Waals surface area contributed by atoms with E-state index in [2.05, 4.69) is 32.9 Å². The number of esters is 3. The molecule has 0 aromatic heterocycles. The van der Waals surface area contributed by atoms with Gasteiger partial charge in [0.15, 0.2) is 6.10 Å². The Morgan fingerprint density at radius 1 is 0.302 bits per heavy atom. The average molecular weight is 889 g/mol. The fourth-order valence-corrected chi connectivity index (χ4v) is 8.50. The summed E-state index contributed by atoms with van der Waals surface area (Å²) in [5, 5.41) is 0. The van der Waals surface area contributed by atoms with Crippen molar-refractivity contribution in [1.29, 1.82) is 0 Å². The normalized spacial score (nSPS) is 12.0. The lowest BCUT2D eigenvalue weighted by molar-refractivity contribution is -0.167. The first-order chi connectivity index (χ1) is 31.0. The molecule has 0 saturated heterocycles. The molecule has 63 heavy (non-hydrogen) atoms. The van der Waals surface area contributed by atoms with Crippen molar-refractivity contribution < 1.29 is 28.6 Å². The number of hydrogen-bond acceptors (Lipinski definition) is 6. The van der Waals surface area contributed by atoms with Crippen molar-refractivity contribution in [1.82, 2.24) is 0 Å². The van der Waals surface area contributed by atoms with E-state index in [1.807, 2.05) is 0 Å². The molecule has 372 valence electrons. The summed E-state index contributed by atoms with van der Waals surface area (Å²) in [6.45, 7) is 6.68. The summed E-state index contributed by atoms with van der Waals surface area (Å²) >= 11 is 0. The molecule has 0 bridgehead atoms. The van der Waals surface area contributed by atoms with Gasteiger partial charge in [-0.3, -0.25) is 14.4 Å². The van der Waals surface area contributed by atoms with Crippen LogP contribution in [0.15, 0.2) is 12.2 Å². The largest absolute Gasteiger partial charge is 0.462 e. The van der Waals surface area contributed by atoms with E-state index in [0.29, 0.717) is 19.3 Å². The highest BCUT2D eigenvalue weighted by Gasteiger charge is 2.19. The Kier molecular flexibility index (Phi) is 51.2. The molecule has 0 aliphatic carbocycles. The summed E-state index contributed by atoms with van der Waals surface area (Å²) in [6.07, 6.45) is 59.1. The molecule has 0 heterocycles. The van der Waals surface area contributed by atoms with E-state index in [9.17, 15) is 14.4 Å². The van der Waals surface area contributed by atoms with Crippen LogP contribution < -0.4 is 0 Å². The molecule has 0 aliphatic heterocycles. The second-order valence-corrected chi connectivity index (χ2v) is 19.2. The molecule has 6 nitrogen and oxygen atoms in total. The van der Waals surface area contributed by atoms with Gasteiger partial charge in [0, 0.05) is 19.3 Å². The van der Waals surface area contributed by atoms with Crippen LogP contribution in [-0.4, -0.2) is 37.2 Å². The highest BCUT2D eigenvalue weighted by molar-refractivity contribution is 5.71. The Balaban J connectivity index is 4.29. The highest BCUT2D eigenvalue weighted by Crippen LogP contribution is 2.17. The van der Waals surface area contributed by atoms with Crippen LogP contribution in [0.3, 0.4) is 0 Å². The molecule has 0 amide bonds. The molecule has 0 aromatic carbocycles. The lowest BCUT2D eigenvalue weighted by Crippen LogP contribution is -2.30. The SMILES string of the molecule is CCCCCCCC/C=C\CCCCCCCCCC(=O)OC[C@@H](COC(=O)CCCCCCCCCCCCC)OC(=O)CCCCCCCCCCCCCCCCCCC. The van der Waals surface area contributed by atoms with E-state index in [-0.39, 0.29) is 31.1 Å². The maximum atomic E-state index is 12.8. The van der Waals surface area contributed by atoms with Gasteiger partial charge in [-0.2, -0.15) is 0 Å². The monoisotopic (exact) mass is 889 g/mol. The maximum absolute atomic E-state index is 12.8. The molecule has 0 rings (SSSR count). The van der Waals surface area contributed by atoms with Crippen LogP contribution in [0, 0.1) is 0 Å². The zero-order chi connectivity index (χ0) is 45.8. The Morgan fingerprint density at radius 3 is 0.794 bits per heavy atom. The third kappa shape index (κ3) is 51.0. The van der Waals surface area contributed by atoms with Gasteiger partial charge in [0.05, 0.1) is 0 Å². The highest BCUT2D eigenvalue weighted by atomic mass is 16.6. The van der Waals surface area contributed by atoms with Gasteiger partial charge >= 0.3 is 17.9 Å². The standard InChI is InChI=1S/C57H108O6/c1-4-7-10-13-16-19-22-24-26-28-30-32-35-38-41-44-47-50-56(59)62-53-54(52-61-55(58)49-46-43-40-37-34-21-18-15-12-9-6-3)63-57(60)51-48-45-42-39-36-33-31-29-27-25-23-20-17-14-11-8-5-2/h24,26,54H,4-23,25,27-53H2,1-3H3/b26-24-/t54-/m1/s1. The second kappa shape index (κ2) is 52.8. The predicted molar refractivity (Wildman–Crippen MR) is 270 cm³/mol. The Bertz CT molecular complexity index is 978. The van der Waals surface area contributed by atoms with Gasteiger partial charge in [0.1, 0.15) is 13.2 Å². The van der Waals surface area contributed by atoms with E-state index in [4.69, 9.17) is 14.2 Å². The zero-order valence-corrected chi connectivity index (χ0v) is 42.6. The minimum atomic E-state index is -0.765. The van der Waals surface area contributed by atoms with Gasteiger partial charge in [0.2, 0.25) is 0 Å². The first-order valence-electron chi connectivity index (χ1n) is 28.2. The van der Waals surface area contributed by atoms with E-state index in [1.165, 1.54) is 218 Å². The van der Waals surface area contributed by atoms with Crippen LogP contribution in [0.4, 0.5) is 0 Å². The topological polar surface area (TPSA) is 78.9 Å². The third-order valence-electron chi connectivity index (χ3n) is 12.8. The number of carbonyl (C=O) groups excluding carboxylic acids is 3. The van der Waals surface area contributed by atoms with Gasteiger partial charge in [-0.25, -0.2) is 0 Å². The van der Waals surface area contributed by atoms with Crippen LogP contribution in [0.1, 0.15) is 316 Å². The van der Waals surface area contributed by atoms with E-state index >= 15 is 0 Å². The molecule has 0 aliphatic rings.